The van der Waals surface area contributed by atoms with E-state index in [1.807, 2.05) is 0 Å². The molecule has 2 aromatic rings. The highest BCUT2D eigenvalue weighted by Crippen LogP contribution is 2.34. The summed E-state index contributed by atoms with van der Waals surface area (Å²) in [5.74, 6) is 0.643. The third-order valence-electron chi connectivity index (χ3n) is 4.42. The van der Waals surface area contributed by atoms with Crippen LogP contribution in [0.25, 0.3) is 6.08 Å². The fourth-order valence-electron chi connectivity index (χ4n) is 2.89. The number of anilines is 1. The van der Waals surface area contributed by atoms with Gasteiger partial charge in [-0.2, -0.15) is 0 Å². The summed E-state index contributed by atoms with van der Waals surface area (Å²) in [5, 5.41) is 2.45. The molecule has 1 saturated heterocycles. The second-order valence-electron chi connectivity index (χ2n) is 6.37. The van der Waals surface area contributed by atoms with Gasteiger partial charge in [0, 0.05) is 6.54 Å². The molecule has 0 spiro atoms. The summed E-state index contributed by atoms with van der Waals surface area (Å²) < 4.78 is 16.2. The van der Waals surface area contributed by atoms with Crippen molar-refractivity contribution in [1.82, 2.24) is 4.90 Å². The second kappa shape index (κ2) is 10.0. The van der Waals surface area contributed by atoms with Gasteiger partial charge in [0.2, 0.25) is 0 Å². The summed E-state index contributed by atoms with van der Waals surface area (Å²) in [6, 6.07) is 12.1. The highest BCUT2D eigenvalue weighted by molar-refractivity contribution is 8.18. The first-order valence-corrected chi connectivity index (χ1v) is 10.3. The first kappa shape index (κ1) is 22.2. The maximum absolute atomic E-state index is 12.3. The first-order chi connectivity index (χ1) is 15.0. The molecule has 0 saturated carbocycles. The van der Waals surface area contributed by atoms with E-state index in [0.29, 0.717) is 39.9 Å². The van der Waals surface area contributed by atoms with E-state index in [2.05, 4.69) is 5.32 Å². The van der Waals surface area contributed by atoms with Gasteiger partial charge in [0.1, 0.15) is 5.75 Å². The lowest BCUT2D eigenvalue weighted by Crippen LogP contribution is -2.27. The van der Waals surface area contributed by atoms with E-state index < -0.39 is 0 Å². The number of likely N-dealkylation sites (N-methyl/N-ethyl adjacent to an activating group) is 1. The monoisotopic (exact) mass is 442 g/mol. The number of ether oxygens (including phenoxy) is 3. The van der Waals surface area contributed by atoms with Crippen LogP contribution in [0.15, 0.2) is 47.4 Å². The van der Waals surface area contributed by atoms with Gasteiger partial charge < -0.3 is 19.5 Å². The Hall–Kier alpha value is -3.46. The van der Waals surface area contributed by atoms with Crippen LogP contribution in [0.5, 0.6) is 17.2 Å². The Kier molecular flexibility index (Phi) is 7.19. The number of imide groups is 1. The van der Waals surface area contributed by atoms with Crippen molar-refractivity contribution in [1.29, 1.82) is 0 Å². The minimum atomic E-state index is -0.358. The molecule has 9 heteroatoms. The van der Waals surface area contributed by atoms with Gasteiger partial charge in [0.15, 0.2) is 18.1 Å². The summed E-state index contributed by atoms with van der Waals surface area (Å²) in [4.78, 5) is 37.9. The van der Waals surface area contributed by atoms with Crippen molar-refractivity contribution < 1.29 is 28.6 Å². The van der Waals surface area contributed by atoms with Gasteiger partial charge in [-0.15, -0.1) is 0 Å². The standard InChI is InChI=1S/C22H22N2O6S/c1-4-24-21(26)19(31-22(24)27)12-14-9-10-17(18(11-14)29-3)30-13-20(25)23-15-7-5-6-8-16(15)28-2/h5-12H,4,13H2,1-3H3,(H,23,25)/b19-12-. The minimum absolute atomic E-state index is 0.233. The van der Waals surface area contributed by atoms with E-state index in [1.165, 1.54) is 19.1 Å². The third-order valence-corrected chi connectivity index (χ3v) is 5.32. The third kappa shape index (κ3) is 5.18. The summed E-state index contributed by atoms with van der Waals surface area (Å²) in [7, 11) is 3.00. The van der Waals surface area contributed by atoms with Crippen molar-refractivity contribution in [3.63, 3.8) is 0 Å². The van der Waals surface area contributed by atoms with Crippen LogP contribution in [0, 0.1) is 0 Å². The van der Waals surface area contributed by atoms with Crippen molar-refractivity contribution in [3.8, 4) is 17.2 Å². The second-order valence-corrected chi connectivity index (χ2v) is 7.37. The molecule has 1 aliphatic rings. The Labute approximate surface area is 184 Å². The largest absolute Gasteiger partial charge is 0.495 e. The Morgan fingerprint density at radius 3 is 2.48 bits per heavy atom. The Balaban J connectivity index is 1.68. The molecule has 0 bridgehead atoms. The number of nitrogens with zero attached hydrogens (tertiary/aromatic N) is 1. The fourth-order valence-corrected chi connectivity index (χ4v) is 3.80. The molecule has 0 atom stereocenters. The zero-order valence-electron chi connectivity index (χ0n) is 17.3. The normalized spacial score (nSPS) is 14.7. The van der Waals surface area contributed by atoms with Gasteiger partial charge in [-0.05, 0) is 54.6 Å². The number of benzene rings is 2. The molecule has 31 heavy (non-hydrogen) atoms. The number of amides is 3. The zero-order chi connectivity index (χ0) is 22.4. The quantitative estimate of drug-likeness (QED) is 0.622. The molecule has 3 amide bonds. The van der Waals surface area contributed by atoms with Crippen LogP contribution in [0.1, 0.15) is 12.5 Å². The molecule has 0 unspecified atom stereocenters. The molecule has 0 aromatic heterocycles. The van der Waals surface area contributed by atoms with Crippen LogP contribution in [-0.2, 0) is 9.59 Å². The molecule has 1 aliphatic heterocycles. The van der Waals surface area contributed by atoms with Gasteiger partial charge in [-0.25, -0.2) is 0 Å². The van der Waals surface area contributed by atoms with Crippen molar-refractivity contribution >= 4 is 40.6 Å². The molecule has 0 radical (unpaired) electrons. The molecular formula is C22H22N2O6S. The van der Waals surface area contributed by atoms with Crippen molar-refractivity contribution in [2.45, 2.75) is 6.92 Å². The molecule has 3 rings (SSSR count). The zero-order valence-corrected chi connectivity index (χ0v) is 18.2. The number of rotatable bonds is 8. The topological polar surface area (TPSA) is 94.2 Å². The van der Waals surface area contributed by atoms with Crippen LogP contribution >= 0.6 is 11.8 Å². The molecule has 1 N–H and O–H groups in total. The fraction of sp³-hybridized carbons (Fsp3) is 0.227. The summed E-state index contributed by atoms with van der Waals surface area (Å²) in [5.41, 5.74) is 1.21. The molecule has 1 fully saturated rings. The Morgan fingerprint density at radius 2 is 1.81 bits per heavy atom. The van der Waals surface area contributed by atoms with Crippen molar-refractivity contribution in [2.24, 2.45) is 0 Å². The van der Waals surface area contributed by atoms with Gasteiger partial charge in [0.25, 0.3) is 17.1 Å². The number of methoxy groups -OCH3 is 2. The first-order valence-electron chi connectivity index (χ1n) is 9.46. The maximum atomic E-state index is 12.3. The number of thioether (sulfide) groups is 1. The average Bonchev–Trinajstić information content (AvgIpc) is 3.05. The average molecular weight is 442 g/mol. The van der Waals surface area contributed by atoms with E-state index in [1.54, 1.807) is 55.5 Å². The number of para-hydroxylation sites is 2. The van der Waals surface area contributed by atoms with Gasteiger partial charge >= 0.3 is 0 Å². The number of carbonyl (C=O) groups excluding carboxylic acids is 3. The van der Waals surface area contributed by atoms with E-state index in [9.17, 15) is 14.4 Å². The molecule has 162 valence electrons. The van der Waals surface area contributed by atoms with E-state index >= 15 is 0 Å². The van der Waals surface area contributed by atoms with Gasteiger partial charge in [0.05, 0.1) is 24.8 Å². The molecule has 1 heterocycles. The minimum Gasteiger partial charge on any atom is -0.495 e. The highest BCUT2D eigenvalue weighted by Gasteiger charge is 2.33. The van der Waals surface area contributed by atoms with Gasteiger partial charge in [-0.1, -0.05) is 18.2 Å². The highest BCUT2D eigenvalue weighted by atomic mass is 32.2. The lowest BCUT2D eigenvalue weighted by atomic mass is 10.2. The van der Waals surface area contributed by atoms with E-state index in [-0.39, 0.29) is 23.7 Å². The van der Waals surface area contributed by atoms with Crippen LogP contribution in [-0.4, -0.2) is 49.3 Å². The Morgan fingerprint density at radius 1 is 1.06 bits per heavy atom. The molecular weight excluding hydrogens is 420 g/mol. The number of nitrogens with one attached hydrogen (secondary N) is 1. The van der Waals surface area contributed by atoms with Crippen LogP contribution in [0.3, 0.4) is 0 Å². The lowest BCUT2D eigenvalue weighted by molar-refractivity contribution is -0.122. The number of carbonyl (C=O) groups is 3. The lowest BCUT2D eigenvalue weighted by Gasteiger charge is -2.13. The molecule has 8 nitrogen and oxygen atoms in total. The molecule has 0 aliphatic carbocycles. The summed E-state index contributed by atoms with van der Waals surface area (Å²) in [6.07, 6.45) is 1.63. The van der Waals surface area contributed by atoms with Crippen molar-refractivity contribution in [3.05, 3.63) is 52.9 Å². The SMILES string of the molecule is CCN1C(=O)S/C(=C\c2ccc(OCC(=O)Nc3ccccc3OC)c(OC)c2)C1=O. The Bertz CT molecular complexity index is 1040. The predicted molar refractivity (Wildman–Crippen MR) is 118 cm³/mol. The summed E-state index contributed by atoms with van der Waals surface area (Å²) >= 11 is 0.900. The van der Waals surface area contributed by atoms with Crippen LogP contribution < -0.4 is 19.5 Å². The number of hydrogen-bond donors (Lipinski definition) is 1. The number of hydrogen-bond acceptors (Lipinski definition) is 7. The van der Waals surface area contributed by atoms with Crippen LogP contribution in [0.2, 0.25) is 0 Å². The maximum Gasteiger partial charge on any atom is 0.293 e. The molecule has 2 aromatic carbocycles. The van der Waals surface area contributed by atoms with E-state index in [4.69, 9.17) is 14.2 Å². The predicted octanol–water partition coefficient (Wildman–Crippen LogP) is 3.78. The van der Waals surface area contributed by atoms with Crippen molar-refractivity contribution in [2.75, 3.05) is 32.7 Å². The van der Waals surface area contributed by atoms with Gasteiger partial charge in [-0.3, -0.25) is 19.3 Å². The van der Waals surface area contributed by atoms with Crippen LogP contribution in [0.4, 0.5) is 10.5 Å². The van der Waals surface area contributed by atoms with E-state index in [0.717, 1.165) is 11.8 Å². The summed E-state index contributed by atoms with van der Waals surface area (Å²) in [6.45, 7) is 1.84. The smallest absolute Gasteiger partial charge is 0.293 e.